The Balaban J connectivity index is 2.20. The summed E-state index contributed by atoms with van der Waals surface area (Å²) in [4.78, 5) is 27.6. The molecular formula is C13H10BrFN2O2. The number of carbonyl (C=O) groups is 2. The van der Waals surface area contributed by atoms with Gasteiger partial charge in [-0.15, -0.1) is 0 Å². The minimum Gasteiger partial charge on any atom is -0.332 e. The monoisotopic (exact) mass is 324 g/mol. The highest BCUT2D eigenvalue weighted by Crippen LogP contribution is 2.17. The smallest absolute Gasteiger partial charge is 0.205 e. The lowest BCUT2D eigenvalue weighted by Crippen LogP contribution is -2.14. The molecule has 0 atom stereocenters. The number of imidazole rings is 1. The van der Waals surface area contributed by atoms with Gasteiger partial charge in [0.15, 0.2) is 11.6 Å². The summed E-state index contributed by atoms with van der Waals surface area (Å²) >= 11 is 3.16. The molecule has 19 heavy (non-hydrogen) atoms. The number of hydrogen-bond acceptors (Lipinski definition) is 3. The molecule has 2 aromatic rings. The molecule has 1 heterocycles. The van der Waals surface area contributed by atoms with Crippen molar-refractivity contribution in [2.75, 3.05) is 0 Å². The van der Waals surface area contributed by atoms with Crippen molar-refractivity contribution in [3.8, 4) is 0 Å². The molecule has 0 N–H and O–H groups in total. The molecule has 0 spiro atoms. The molecule has 0 unspecified atom stereocenters. The van der Waals surface area contributed by atoms with E-state index in [2.05, 4.69) is 20.9 Å². The van der Waals surface area contributed by atoms with Gasteiger partial charge in [0, 0.05) is 23.9 Å². The lowest BCUT2D eigenvalue weighted by Gasteiger charge is -2.03. The molecule has 98 valence electrons. The summed E-state index contributed by atoms with van der Waals surface area (Å²) in [6.07, 6.45) is 2.67. The second-order valence-electron chi connectivity index (χ2n) is 4.01. The van der Waals surface area contributed by atoms with Crippen molar-refractivity contribution in [2.45, 2.75) is 6.42 Å². The minimum atomic E-state index is -0.638. The number of aromatic nitrogens is 2. The molecule has 6 heteroatoms. The Hall–Kier alpha value is -1.82. The van der Waals surface area contributed by atoms with E-state index in [0.29, 0.717) is 4.47 Å². The van der Waals surface area contributed by atoms with E-state index in [9.17, 15) is 14.0 Å². The summed E-state index contributed by atoms with van der Waals surface area (Å²) < 4.78 is 15.6. The first-order chi connectivity index (χ1) is 8.99. The van der Waals surface area contributed by atoms with Crippen LogP contribution in [0.2, 0.25) is 0 Å². The lowest BCUT2D eigenvalue weighted by atomic mass is 10.1. The second kappa shape index (κ2) is 5.44. The first-order valence-corrected chi connectivity index (χ1v) is 6.27. The van der Waals surface area contributed by atoms with Gasteiger partial charge in [0.25, 0.3) is 0 Å². The zero-order chi connectivity index (χ0) is 14.0. The van der Waals surface area contributed by atoms with Crippen LogP contribution in [0.3, 0.4) is 0 Å². The van der Waals surface area contributed by atoms with Crippen molar-refractivity contribution in [1.29, 1.82) is 0 Å². The van der Waals surface area contributed by atoms with Crippen molar-refractivity contribution in [3.05, 3.63) is 52.3 Å². The van der Waals surface area contributed by atoms with E-state index in [-0.39, 0.29) is 11.4 Å². The Bertz CT molecular complexity index is 652. The number of benzene rings is 1. The van der Waals surface area contributed by atoms with Crippen molar-refractivity contribution < 1.29 is 14.0 Å². The van der Waals surface area contributed by atoms with Crippen LogP contribution in [0.4, 0.5) is 4.39 Å². The number of hydrogen-bond donors (Lipinski definition) is 0. The second-order valence-corrected chi connectivity index (χ2v) is 4.92. The first kappa shape index (κ1) is 13.6. The molecule has 0 saturated carbocycles. The van der Waals surface area contributed by atoms with Crippen LogP contribution in [0.5, 0.6) is 0 Å². The zero-order valence-electron chi connectivity index (χ0n) is 10.1. The van der Waals surface area contributed by atoms with Gasteiger partial charge in [-0.2, -0.15) is 0 Å². The third-order valence-electron chi connectivity index (χ3n) is 2.62. The van der Waals surface area contributed by atoms with E-state index in [0.717, 1.165) is 0 Å². The van der Waals surface area contributed by atoms with Gasteiger partial charge in [-0.1, -0.05) is 15.9 Å². The molecular weight excluding hydrogens is 315 g/mol. The van der Waals surface area contributed by atoms with Crippen molar-refractivity contribution in [3.63, 3.8) is 0 Å². The number of halogens is 2. The van der Waals surface area contributed by atoms with Crippen LogP contribution in [-0.2, 0) is 7.05 Å². The van der Waals surface area contributed by atoms with E-state index in [1.54, 1.807) is 13.2 Å². The fraction of sp³-hybridized carbons (Fsp3) is 0.154. The Morgan fingerprint density at radius 2 is 2.11 bits per heavy atom. The SMILES string of the molecule is Cn1ccnc1C(=O)CC(=O)c1cc(Br)ccc1F. The number of rotatable bonds is 4. The quantitative estimate of drug-likeness (QED) is 0.642. The third-order valence-corrected chi connectivity index (χ3v) is 3.11. The van der Waals surface area contributed by atoms with Gasteiger partial charge in [-0.3, -0.25) is 9.59 Å². The first-order valence-electron chi connectivity index (χ1n) is 5.48. The van der Waals surface area contributed by atoms with Crippen molar-refractivity contribution >= 4 is 27.5 Å². The van der Waals surface area contributed by atoms with E-state index in [1.807, 2.05) is 0 Å². The number of Topliss-reactive ketones (excluding diaryl/α,β-unsaturated/α-hetero) is 2. The molecule has 4 nitrogen and oxygen atoms in total. The maximum Gasteiger partial charge on any atom is 0.205 e. The highest BCUT2D eigenvalue weighted by atomic mass is 79.9. The summed E-state index contributed by atoms with van der Waals surface area (Å²) in [7, 11) is 1.66. The van der Waals surface area contributed by atoms with Crippen LogP contribution >= 0.6 is 15.9 Å². The fourth-order valence-corrected chi connectivity index (χ4v) is 2.03. The topological polar surface area (TPSA) is 52.0 Å². The predicted molar refractivity (Wildman–Crippen MR) is 70.6 cm³/mol. The predicted octanol–water partition coefficient (Wildman–Crippen LogP) is 2.78. The van der Waals surface area contributed by atoms with E-state index in [1.165, 1.54) is 29.0 Å². The molecule has 1 aromatic carbocycles. The van der Waals surface area contributed by atoms with Crippen LogP contribution in [0.15, 0.2) is 35.1 Å². The Kier molecular flexibility index (Phi) is 3.90. The summed E-state index contributed by atoms with van der Waals surface area (Å²) in [6.45, 7) is 0. The summed E-state index contributed by atoms with van der Waals surface area (Å²) in [5, 5.41) is 0. The Morgan fingerprint density at radius 1 is 1.37 bits per heavy atom. The maximum absolute atomic E-state index is 13.5. The van der Waals surface area contributed by atoms with Gasteiger partial charge >= 0.3 is 0 Å². The fourth-order valence-electron chi connectivity index (χ4n) is 1.67. The van der Waals surface area contributed by atoms with Crippen LogP contribution in [0.25, 0.3) is 0 Å². The summed E-state index contributed by atoms with van der Waals surface area (Å²) in [5.41, 5.74) is -0.100. The molecule has 0 saturated heterocycles. The molecule has 0 aliphatic heterocycles. The van der Waals surface area contributed by atoms with Crippen molar-refractivity contribution in [2.24, 2.45) is 7.05 Å². The molecule has 0 radical (unpaired) electrons. The van der Waals surface area contributed by atoms with Crippen LogP contribution in [-0.4, -0.2) is 21.1 Å². The van der Waals surface area contributed by atoms with Gasteiger partial charge in [-0.05, 0) is 18.2 Å². The van der Waals surface area contributed by atoms with Gasteiger partial charge in [-0.25, -0.2) is 9.37 Å². The number of carbonyl (C=O) groups excluding carboxylic acids is 2. The number of ketones is 2. The van der Waals surface area contributed by atoms with E-state index < -0.39 is 23.8 Å². The van der Waals surface area contributed by atoms with Gasteiger partial charge < -0.3 is 4.57 Å². The van der Waals surface area contributed by atoms with Crippen molar-refractivity contribution in [1.82, 2.24) is 9.55 Å². The van der Waals surface area contributed by atoms with Crippen LogP contribution in [0.1, 0.15) is 27.4 Å². The molecule has 0 bridgehead atoms. The molecule has 1 aromatic heterocycles. The van der Waals surface area contributed by atoms with Gasteiger partial charge in [0.1, 0.15) is 5.82 Å². The van der Waals surface area contributed by atoms with Gasteiger partial charge in [0.2, 0.25) is 5.78 Å². The van der Waals surface area contributed by atoms with E-state index >= 15 is 0 Å². The highest BCUT2D eigenvalue weighted by molar-refractivity contribution is 9.10. The van der Waals surface area contributed by atoms with Crippen LogP contribution < -0.4 is 0 Å². The van der Waals surface area contributed by atoms with E-state index in [4.69, 9.17) is 0 Å². The standard InChI is InChI=1S/C13H10BrFN2O2/c1-17-5-4-16-13(17)12(19)7-11(18)9-6-8(14)2-3-10(9)15/h2-6H,7H2,1H3. The van der Waals surface area contributed by atoms with Crippen LogP contribution in [0, 0.1) is 5.82 Å². The normalized spacial score (nSPS) is 10.5. The maximum atomic E-state index is 13.5. The van der Waals surface area contributed by atoms with Gasteiger partial charge in [0.05, 0.1) is 12.0 Å². The molecule has 0 aliphatic carbocycles. The summed E-state index contributed by atoms with van der Waals surface area (Å²) in [6, 6.07) is 4.04. The molecule has 0 amide bonds. The number of nitrogens with zero attached hydrogens (tertiary/aromatic N) is 2. The average Bonchev–Trinajstić information content (AvgIpc) is 2.78. The average molecular weight is 325 g/mol. The molecule has 0 fully saturated rings. The Labute approximate surface area is 117 Å². The molecule has 0 aliphatic rings. The minimum absolute atomic E-state index is 0.100. The largest absolute Gasteiger partial charge is 0.332 e. The lowest BCUT2D eigenvalue weighted by molar-refractivity contribution is 0.0884. The number of aryl methyl sites for hydroxylation is 1. The zero-order valence-corrected chi connectivity index (χ0v) is 11.6. The summed E-state index contributed by atoms with van der Waals surface area (Å²) in [5.74, 6) is -1.45. The highest BCUT2D eigenvalue weighted by Gasteiger charge is 2.19. The third kappa shape index (κ3) is 2.96. The molecule has 2 rings (SSSR count). The Morgan fingerprint density at radius 3 is 2.74 bits per heavy atom.